The van der Waals surface area contributed by atoms with Gasteiger partial charge in [-0.3, -0.25) is 4.68 Å². The molecule has 0 saturated heterocycles. The number of carboxylic acid groups (broad SMARTS) is 1. The van der Waals surface area contributed by atoms with Crippen molar-refractivity contribution in [1.29, 1.82) is 0 Å². The van der Waals surface area contributed by atoms with Crippen LogP contribution in [0, 0.1) is 5.92 Å². The molecule has 1 aromatic heterocycles. The van der Waals surface area contributed by atoms with E-state index in [2.05, 4.69) is 26.3 Å². The predicted molar refractivity (Wildman–Crippen MR) is 82.4 cm³/mol. The van der Waals surface area contributed by atoms with Gasteiger partial charge in [0.2, 0.25) is 0 Å². The Morgan fingerprint density at radius 2 is 2.14 bits per heavy atom. The minimum absolute atomic E-state index is 0.0534. The molecule has 2 rings (SSSR count). The number of nitrogens with one attached hydrogen (secondary N) is 1. The first kappa shape index (κ1) is 16.8. The van der Waals surface area contributed by atoms with Gasteiger partial charge in [0.05, 0.1) is 17.2 Å². The van der Waals surface area contributed by atoms with E-state index in [9.17, 15) is 14.7 Å². The fourth-order valence-electron chi connectivity index (χ4n) is 2.31. The molecule has 7 nitrogen and oxygen atoms in total. The third kappa shape index (κ3) is 4.00. The number of hydrogen-bond acceptors (Lipinski definition) is 4. The summed E-state index contributed by atoms with van der Waals surface area (Å²) in [5, 5.41) is 16.4. The highest BCUT2D eigenvalue weighted by molar-refractivity contribution is 9.10. The maximum atomic E-state index is 12.1. The lowest BCUT2D eigenvalue weighted by molar-refractivity contribution is -0.146. The quantitative estimate of drug-likeness (QED) is 0.826. The molecule has 1 atom stereocenters. The Balaban J connectivity index is 2.21. The lowest BCUT2D eigenvalue weighted by atomic mass is 9.93. The first-order valence-electron chi connectivity index (χ1n) is 7.05. The lowest BCUT2D eigenvalue weighted by Crippen LogP contribution is -2.59. The molecule has 0 radical (unpaired) electrons. The average molecular weight is 374 g/mol. The summed E-state index contributed by atoms with van der Waals surface area (Å²) in [6.45, 7) is 5.25. The number of alkyl carbamates (subject to hydrolysis) is 1. The van der Waals surface area contributed by atoms with E-state index in [-0.39, 0.29) is 12.5 Å². The van der Waals surface area contributed by atoms with Gasteiger partial charge >= 0.3 is 12.1 Å². The summed E-state index contributed by atoms with van der Waals surface area (Å²) >= 11 is 3.28. The van der Waals surface area contributed by atoms with Crippen LogP contribution in [0.5, 0.6) is 0 Å². The van der Waals surface area contributed by atoms with Crippen molar-refractivity contribution in [1.82, 2.24) is 15.1 Å². The Bertz CT molecular complexity index is 577. The van der Waals surface area contributed by atoms with Crippen LogP contribution >= 0.6 is 15.9 Å². The van der Waals surface area contributed by atoms with Gasteiger partial charge in [0.1, 0.15) is 5.60 Å². The summed E-state index contributed by atoms with van der Waals surface area (Å²) < 4.78 is 7.47. The van der Waals surface area contributed by atoms with Crippen molar-refractivity contribution in [2.75, 3.05) is 0 Å². The zero-order valence-corrected chi connectivity index (χ0v) is 14.4. The van der Waals surface area contributed by atoms with Gasteiger partial charge in [-0.2, -0.15) is 5.10 Å². The highest BCUT2D eigenvalue weighted by Gasteiger charge is 2.53. The number of rotatable bonds is 5. The summed E-state index contributed by atoms with van der Waals surface area (Å²) in [5.74, 6) is -1.20. The Labute approximate surface area is 137 Å². The molecule has 0 spiro atoms. The molecule has 1 amide bonds. The van der Waals surface area contributed by atoms with E-state index in [0.717, 1.165) is 17.3 Å². The number of hydrogen-bond donors (Lipinski definition) is 2. The minimum Gasteiger partial charge on any atom is -0.479 e. The van der Waals surface area contributed by atoms with Gasteiger partial charge in [0, 0.05) is 6.20 Å². The van der Waals surface area contributed by atoms with E-state index in [0.29, 0.717) is 0 Å². The van der Waals surface area contributed by atoms with Crippen LogP contribution < -0.4 is 5.32 Å². The molecule has 122 valence electrons. The highest BCUT2D eigenvalue weighted by Crippen LogP contribution is 2.41. The fraction of sp³-hybridized carbons (Fsp3) is 0.643. The van der Waals surface area contributed by atoms with Crippen LogP contribution in [0.15, 0.2) is 16.9 Å². The van der Waals surface area contributed by atoms with Crippen molar-refractivity contribution in [2.45, 2.75) is 51.3 Å². The molecule has 1 aliphatic rings. The number of carboxylic acids is 1. The number of carbonyl (C=O) groups excluding carboxylic acids is 1. The molecule has 22 heavy (non-hydrogen) atoms. The summed E-state index contributed by atoms with van der Waals surface area (Å²) in [6.07, 6.45) is 4.03. The third-order valence-corrected chi connectivity index (χ3v) is 3.80. The molecule has 0 aromatic carbocycles. The molecular weight excluding hydrogens is 354 g/mol. The predicted octanol–water partition coefficient (Wildman–Crippen LogP) is 2.40. The standard InChI is InChI=1S/C14H20BrN3O4/c1-13(2,3)22-12(21)17-14(11(19)20,9-4-5-9)8-18-7-10(15)6-16-18/h6-7,9H,4-5,8H2,1-3H3,(H,17,21)(H,19,20). The second-order valence-electron chi connectivity index (χ2n) is 6.53. The molecule has 8 heteroatoms. The van der Waals surface area contributed by atoms with Gasteiger partial charge in [0.25, 0.3) is 0 Å². The molecular formula is C14H20BrN3O4. The fourth-order valence-corrected chi connectivity index (χ4v) is 2.64. The van der Waals surface area contributed by atoms with Gasteiger partial charge < -0.3 is 15.2 Å². The zero-order valence-electron chi connectivity index (χ0n) is 12.8. The van der Waals surface area contributed by atoms with Crippen LogP contribution in [0.25, 0.3) is 0 Å². The number of amides is 1. The number of carbonyl (C=O) groups is 2. The first-order valence-corrected chi connectivity index (χ1v) is 7.84. The Kier molecular flexibility index (Phi) is 4.51. The first-order chi connectivity index (χ1) is 10.1. The van der Waals surface area contributed by atoms with E-state index in [1.165, 1.54) is 4.68 Å². The normalized spacial score (nSPS) is 17.6. The van der Waals surface area contributed by atoms with Gasteiger partial charge in [-0.1, -0.05) is 0 Å². The molecule has 1 unspecified atom stereocenters. The molecule has 0 aliphatic heterocycles. The van der Waals surface area contributed by atoms with E-state index in [1.54, 1.807) is 33.2 Å². The topological polar surface area (TPSA) is 93.5 Å². The number of halogens is 1. The van der Waals surface area contributed by atoms with Gasteiger partial charge in [0.15, 0.2) is 5.54 Å². The van der Waals surface area contributed by atoms with Crippen LogP contribution in [0.3, 0.4) is 0 Å². The molecule has 1 aromatic rings. The molecule has 2 N–H and O–H groups in total. The van der Waals surface area contributed by atoms with Gasteiger partial charge in [-0.25, -0.2) is 9.59 Å². The van der Waals surface area contributed by atoms with Crippen molar-refractivity contribution in [2.24, 2.45) is 5.92 Å². The van der Waals surface area contributed by atoms with Crippen molar-refractivity contribution in [3.05, 3.63) is 16.9 Å². The molecule has 1 fully saturated rings. The summed E-state index contributed by atoms with van der Waals surface area (Å²) in [5.41, 5.74) is -2.10. The smallest absolute Gasteiger partial charge is 0.408 e. The van der Waals surface area contributed by atoms with Crippen LogP contribution in [0.1, 0.15) is 33.6 Å². The average Bonchev–Trinajstić information content (AvgIpc) is 3.11. The van der Waals surface area contributed by atoms with E-state index in [4.69, 9.17) is 4.74 Å². The van der Waals surface area contributed by atoms with Crippen LogP contribution in [-0.4, -0.2) is 38.1 Å². The van der Waals surface area contributed by atoms with Crippen LogP contribution in [-0.2, 0) is 16.1 Å². The minimum atomic E-state index is -1.41. The summed E-state index contributed by atoms with van der Waals surface area (Å²) in [6, 6.07) is 0. The largest absolute Gasteiger partial charge is 0.479 e. The summed E-state index contributed by atoms with van der Waals surface area (Å²) in [7, 11) is 0. The highest BCUT2D eigenvalue weighted by atomic mass is 79.9. The lowest BCUT2D eigenvalue weighted by Gasteiger charge is -2.31. The number of aliphatic carboxylic acids is 1. The molecule has 1 aliphatic carbocycles. The SMILES string of the molecule is CC(C)(C)OC(=O)NC(Cn1cc(Br)cn1)(C(=O)O)C1CC1. The second-order valence-corrected chi connectivity index (χ2v) is 7.45. The Morgan fingerprint density at radius 1 is 1.50 bits per heavy atom. The third-order valence-electron chi connectivity index (χ3n) is 3.39. The van der Waals surface area contributed by atoms with Crippen LogP contribution in [0.4, 0.5) is 4.79 Å². The monoisotopic (exact) mass is 373 g/mol. The molecule has 1 saturated carbocycles. The molecule has 1 heterocycles. The van der Waals surface area contributed by atoms with Gasteiger partial charge in [-0.05, 0) is 55.5 Å². The summed E-state index contributed by atoms with van der Waals surface area (Å²) in [4.78, 5) is 24.0. The number of aromatic nitrogens is 2. The van der Waals surface area contributed by atoms with Crippen molar-refractivity contribution >= 4 is 28.0 Å². The second kappa shape index (κ2) is 5.91. The number of ether oxygens (including phenoxy) is 1. The molecule has 0 bridgehead atoms. The van der Waals surface area contributed by atoms with E-state index < -0.39 is 23.2 Å². The Hall–Kier alpha value is -1.57. The maximum absolute atomic E-state index is 12.1. The van der Waals surface area contributed by atoms with Crippen LogP contribution in [0.2, 0.25) is 0 Å². The van der Waals surface area contributed by atoms with Crippen molar-refractivity contribution in [3.63, 3.8) is 0 Å². The maximum Gasteiger partial charge on any atom is 0.408 e. The van der Waals surface area contributed by atoms with Gasteiger partial charge in [-0.15, -0.1) is 0 Å². The number of nitrogens with zero attached hydrogens (tertiary/aromatic N) is 2. The van der Waals surface area contributed by atoms with E-state index in [1.807, 2.05) is 0 Å². The van der Waals surface area contributed by atoms with Crippen molar-refractivity contribution < 1.29 is 19.4 Å². The van der Waals surface area contributed by atoms with E-state index >= 15 is 0 Å². The van der Waals surface area contributed by atoms with Crippen molar-refractivity contribution in [3.8, 4) is 0 Å². The Morgan fingerprint density at radius 3 is 2.55 bits per heavy atom. The zero-order chi connectivity index (χ0) is 16.5.